The molecular formula is C25H21BrClN3O5S2. The molecule has 0 atom stereocenters. The van der Waals surface area contributed by atoms with Gasteiger partial charge in [-0.15, -0.1) is 23.5 Å². The summed E-state index contributed by atoms with van der Waals surface area (Å²) in [6.07, 6.45) is 1.46. The summed E-state index contributed by atoms with van der Waals surface area (Å²) in [6.45, 7) is 0.0184. The van der Waals surface area contributed by atoms with Crippen LogP contribution in [0.2, 0.25) is 5.02 Å². The highest BCUT2D eigenvalue weighted by atomic mass is 79.9. The molecule has 1 aliphatic heterocycles. The zero-order chi connectivity index (χ0) is 26.2. The Morgan fingerprint density at radius 1 is 1.14 bits per heavy atom. The third-order valence-electron chi connectivity index (χ3n) is 5.10. The van der Waals surface area contributed by atoms with Gasteiger partial charge in [-0.3, -0.25) is 14.9 Å². The van der Waals surface area contributed by atoms with Crippen molar-refractivity contribution in [2.75, 3.05) is 18.1 Å². The van der Waals surface area contributed by atoms with Crippen molar-refractivity contribution in [1.29, 1.82) is 0 Å². The van der Waals surface area contributed by atoms with E-state index in [9.17, 15) is 14.9 Å². The number of rotatable bonds is 10. The number of thioether (sulfide) groups is 2. The van der Waals surface area contributed by atoms with Gasteiger partial charge in [-0.1, -0.05) is 23.7 Å². The second-order valence-corrected chi connectivity index (χ2v) is 11.7. The molecular weight excluding hydrogens is 602 g/mol. The van der Waals surface area contributed by atoms with Crippen LogP contribution in [0, 0.1) is 10.1 Å². The molecule has 1 saturated heterocycles. The van der Waals surface area contributed by atoms with Crippen molar-refractivity contribution in [2.24, 2.45) is 5.10 Å². The van der Waals surface area contributed by atoms with Crippen LogP contribution in [-0.2, 0) is 11.4 Å². The number of hydrogen-bond acceptors (Lipinski definition) is 8. The Hall–Kier alpha value is -2.73. The number of hydrazone groups is 1. The second kappa shape index (κ2) is 13.2. The first-order chi connectivity index (χ1) is 17.9. The van der Waals surface area contributed by atoms with Crippen molar-refractivity contribution in [1.82, 2.24) is 5.43 Å². The predicted molar refractivity (Wildman–Crippen MR) is 152 cm³/mol. The van der Waals surface area contributed by atoms with Gasteiger partial charge in [0.1, 0.15) is 12.4 Å². The summed E-state index contributed by atoms with van der Waals surface area (Å²) in [7, 11) is 0. The van der Waals surface area contributed by atoms with E-state index in [4.69, 9.17) is 21.1 Å². The summed E-state index contributed by atoms with van der Waals surface area (Å²) in [6, 6.07) is 17.3. The summed E-state index contributed by atoms with van der Waals surface area (Å²) in [5.74, 6) is 2.98. The van der Waals surface area contributed by atoms with E-state index in [-0.39, 0.29) is 18.9 Å². The predicted octanol–water partition coefficient (Wildman–Crippen LogP) is 6.60. The monoisotopic (exact) mass is 621 g/mol. The lowest BCUT2D eigenvalue weighted by Crippen LogP contribution is -2.24. The number of nitro groups is 1. The zero-order valence-corrected chi connectivity index (χ0v) is 23.2. The Bertz CT molecular complexity index is 1260. The van der Waals surface area contributed by atoms with Crippen LogP contribution in [0.1, 0.15) is 21.3 Å². The van der Waals surface area contributed by atoms with Crippen molar-refractivity contribution in [2.45, 2.75) is 11.2 Å². The minimum Gasteiger partial charge on any atom is -0.486 e. The Morgan fingerprint density at radius 2 is 1.84 bits per heavy atom. The molecule has 4 rings (SSSR count). The zero-order valence-electron chi connectivity index (χ0n) is 19.3. The maximum absolute atomic E-state index is 12.1. The van der Waals surface area contributed by atoms with E-state index in [0.717, 1.165) is 5.56 Å². The molecule has 12 heteroatoms. The van der Waals surface area contributed by atoms with Gasteiger partial charge in [0.2, 0.25) is 0 Å². The van der Waals surface area contributed by atoms with Crippen LogP contribution in [-0.4, -0.2) is 35.2 Å². The fourth-order valence-electron chi connectivity index (χ4n) is 3.29. The van der Waals surface area contributed by atoms with E-state index < -0.39 is 10.8 Å². The molecule has 0 spiro atoms. The average molecular weight is 623 g/mol. The highest BCUT2D eigenvalue weighted by Gasteiger charge is 2.18. The quantitative estimate of drug-likeness (QED) is 0.154. The molecule has 0 bridgehead atoms. The molecule has 3 aromatic rings. The van der Waals surface area contributed by atoms with Crippen LogP contribution in [0.3, 0.4) is 0 Å². The number of carbonyl (C=O) groups is 1. The van der Waals surface area contributed by atoms with Crippen molar-refractivity contribution < 1.29 is 19.2 Å². The summed E-state index contributed by atoms with van der Waals surface area (Å²) < 4.78 is 12.4. The molecule has 37 heavy (non-hydrogen) atoms. The van der Waals surface area contributed by atoms with Gasteiger partial charge in [0.25, 0.3) is 11.6 Å². The van der Waals surface area contributed by atoms with Gasteiger partial charge in [-0.2, -0.15) is 5.10 Å². The maximum atomic E-state index is 12.1. The lowest BCUT2D eigenvalue weighted by Gasteiger charge is -2.11. The molecule has 1 amide bonds. The lowest BCUT2D eigenvalue weighted by atomic mass is 10.2. The molecule has 1 aliphatic rings. The lowest BCUT2D eigenvalue weighted by molar-refractivity contribution is -0.384. The van der Waals surface area contributed by atoms with Gasteiger partial charge in [0.05, 0.1) is 25.2 Å². The molecule has 1 heterocycles. The van der Waals surface area contributed by atoms with Crippen LogP contribution >= 0.6 is 51.1 Å². The summed E-state index contributed by atoms with van der Waals surface area (Å²) in [5.41, 5.74) is 5.09. The van der Waals surface area contributed by atoms with Crippen molar-refractivity contribution in [3.63, 3.8) is 0 Å². The molecule has 0 aliphatic carbocycles. The number of carbonyl (C=O) groups excluding carboxylic acids is 1. The van der Waals surface area contributed by atoms with Crippen LogP contribution in [0.4, 0.5) is 5.69 Å². The van der Waals surface area contributed by atoms with Gasteiger partial charge in [0.15, 0.2) is 12.4 Å². The largest absolute Gasteiger partial charge is 0.486 e. The third-order valence-corrected chi connectivity index (χ3v) is 9.07. The third kappa shape index (κ3) is 7.88. The number of benzene rings is 3. The number of nitrogens with zero attached hydrogens (tertiary/aromatic N) is 2. The highest BCUT2D eigenvalue weighted by molar-refractivity contribution is 9.10. The van der Waals surface area contributed by atoms with E-state index in [0.29, 0.717) is 31.1 Å². The normalized spacial score (nSPS) is 13.6. The van der Waals surface area contributed by atoms with Gasteiger partial charge in [-0.05, 0) is 69.0 Å². The maximum Gasteiger partial charge on any atom is 0.277 e. The number of ether oxygens (including phenoxy) is 2. The van der Waals surface area contributed by atoms with E-state index >= 15 is 0 Å². The number of non-ortho nitro benzene ring substituents is 1. The van der Waals surface area contributed by atoms with Gasteiger partial charge >= 0.3 is 0 Å². The van der Waals surface area contributed by atoms with Crippen LogP contribution in [0.15, 0.2) is 70.2 Å². The molecule has 3 aromatic carbocycles. The summed E-state index contributed by atoms with van der Waals surface area (Å²) >= 11 is 13.7. The first kappa shape index (κ1) is 27.3. The number of halogens is 2. The van der Waals surface area contributed by atoms with E-state index in [1.807, 2.05) is 47.8 Å². The number of nitrogens with one attached hydrogen (secondary N) is 1. The minimum absolute atomic E-state index is 0.0111. The van der Waals surface area contributed by atoms with Gasteiger partial charge in [0, 0.05) is 23.6 Å². The van der Waals surface area contributed by atoms with Crippen LogP contribution in [0.5, 0.6) is 11.5 Å². The molecule has 0 radical (unpaired) electrons. The molecule has 0 aromatic heterocycles. The van der Waals surface area contributed by atoms with Crippen LogP contribution in [0.25, 0.3) is 0 Å². The van der Waals surface area contributed by atoms with E-state index in [1.54, 1.807) is 24.3 Å². The molecule has 8 nitrogen and oxygen atoms in total. The smallest absolute Gasteiger partial charge is 0.277 e. The van der Waals surface area contributed by atoms with Crippen LogP contribution < -0.4 is 14.9 Å². The standard InChI is InChI=1S/C25H21BrClN3O5S2/c26-21-11-17(12-22(27)24(21)35-14-16-1-5-19(6-2-16)30(32)33)13-28-29-23(31)15-34-20-7-3-18(4-8-20)25-36-9-10-37-25/h1-8,11-13,25H,9-10,14-15H2,(H,29,31)/b28-13-. The number of amides is 1. The highest BCUT2D eigenvalue weighted by Crippen LogP contribution is 2.45. The fraction of sp³-hybridized carbons (Fsp3) is 0.200. The Kier molecular flexibility index (Phi) is 9.73. The second-order valence-electron chi connectivity index (χ2n) is 7.75. The summed E-state index contributed by atoms with van der Waals surface area (Å²) in [5, 5.41) is 15.1. The Morgan fingerprint density at radius 3 is 2.49 bits per heavy atom. The first-order valence-electron chi connectivity index (χ1n) is 11.0. The Labute approximate surface area is 235 Å². The fourth-order valence-corrected chi connectivity index (χ4v) is 7.14. The van der Waals surface area contributed by atoms with E-state index in [1.165, 1.54) is 35.4 Å². The average Bonchev–Trinajstić information content (AvgIpc) is 3.43. The Balaban J connectivity index is 1.25. The van der Waals surface area contributed by atoms with E-state index in [2.05, 4.69) is 26.5 Å². The molecule has 0 unspecified atom stereocenters. The molecule has 1 fully saturated rings. The SMILES string of the molecule is O=C(COc1ccc(C2SCCS2)cc1)N/N=C\c1cc(Cl)c(OCc2ccc([N+](=O)[O-])cc2)c(Br)c1. The summed E-state index contributed by atoms with van der Waals surface area (Å²) in [4.78, 5) is 22.4. The molecule has 0 saturated carbocycles. The van der Waals surface area contributed by atoms with Gasteiger partial charge in [-0.25, -0.2) is 5.43 Å². The number of nitro benzene ring substituents is 1. The molecule has 192 valence electrons. The molecule has 1 N–H and O–H groups in total. The van der Waals surface area contributed by atoms with Crippen molar-refractivity contribution >= 4 is 68.9 Å². The van der Waals surface area contributed by atoms with Gasteiger partial charge < -0.3 is 9.47 Å². The number of hydrogen-bond donors (Lipinski definition) is 1. The van der Waals surface area contributed by atoms with Crippen molar-refractivity contribution in [3.05, 3.63) is 97.0 Å². The van der Waals surface area contributed by atoms with Crippen molar-refractivity contribution in [3.8, 4) is 11.5 Å². The first-order valence-corrected chi connectivity index (χ1v) is 14.3. The minimum atomic E-state index is -0.457. The topological polar surface area (TPSA) is 103 Å².